The maximum Gasteiger partial charge on any atom is 0.336 e. The van der Waals surface area contributed by atoms with E-state index in [2.05, 4.69) is 25.9 Å². The van der Waals surface area contributed by atoms with Gasteiger partial charge in [0.25, 0.3) is 0 Å². The Kier molecular flexibility index (Phi) is 15.3. The van der Waals surface area contributed by atoms with Crippen LogP contribution in [-0.2, 0) is 27.2 Å². The fraction of sp³-hybridized carbons (Fsp3) is 0.412. The molecule has 392 valence electrons. The quantitative estimate of drug-likeness (QED) is 0.0559. The number of nitrogens with two attached hydrogens (primary N) is 1. The number of unbranched alkanes of at least 4 members (excludes halogenated alkanes) is 1. The molecule has 24 heteroatoms. The van der Waals surface area contributed by atoms with Crippen molar-refractivity contribution in [2.75, 3.05) is 74.0 Å². The monoisotopic (exact) mass is 1030 g/mol. The third-order valence-corrected chi connectivity index (χ3v) is 13.9. The van der Waals surface area contributed by atoms with Crippen molar-refractivity contribution in [1.29, 1.82) is 0 Å². The number of carbonyl (C=O) groups is 4. The lowest BCUT2D eigenvalue weighted by atomic mass is 9.90. The number of hydrogen-bond donors (Lipinski definition) is 5. The average Bonchev–Trinajstić information content (AvgIpc) is 4.10. The highest BCUT2D eigenvalue weighted by molar-refractivity contribution is 6.08. The number of nitrogens with one attached hydrogen (secondary N) is 1. The number of carboxylic acids is 2. The number of hydrogen-bond acceptors (Lipinski definition) is 18. The van der Waals surface area contributed by atoms with Gasteiger partial charge in [-0.1, -0.05) is 36.8 Å². The van der Waals surface area contributed by atoms with E-state index in [1.165, 1.54) is 35.0 Å². The predicted molar refractivity (Wildman–Crippen MR) is 275 cm³/mol. The molecular weight excluding hydrogens is 967 g/mol. The Morgan fingerprint density at radius 2 is 1.39 bits per heavy atom. The number of aryl methyl sites for hydroxylation is 2. The van der Waals surface area contributed by atoms with Crippen LogP contribution in [0.1, 0.15) is 80.3 Å². The first kappa shape index (κ1) is 51.4. The highest BCUT2D eigenvalue weighted by atomic mass is 16.4. The number of benzene rings is 3. The van der Waals surface area contributed by atoms with E-state index in [0.29, 0.717) is 104 Å². The highest BCUT2D eigenvalue weighted by Crippen LogP contribution is 2.43. The van der Waals surface area contributed by atoms with Crippen molar-refractivity contribution < 1.29 is 38.9 Å². The fourth-order valence-corrected chi connectivity index (χ4v) is 9.51. The first-order valence-electron chi connectivity index (χ1n) is 25.1. The zero-order valence-corrected chi connectivity index (χ0v) is 41.9. The number of aromatic carboxylic acids is 1. The van der Waals surface area contributed by atoms with Gasteiger partial charge in [0.15, 0.2) is 5.43 Å². The molecule has 2 amide bonds. The molecule has 2 fully saturated rings. The van der Waals surface area contributed by atoms with Gasteiger partial charge in [-0.2, -0.15) is 15.0 Å². The van der Waals surface area contributed by atoms with Crippen LogP contribution in [0.25, 0.3) is 33.4 Å². The average molecular weight is 1030 g/mol. The van der Waals surface area contributed by atoms with E-state index in [0.717, 1.165) is 31.4 Å². The van der Waals surface area contributed by atoms with E-state index in [1.807, 2.05) is 34.7 Å². The molecule has 0 bridgehead atoms. The van der Waals surface area contributed by atoms with Gasteiger partial charge < -0.3 is 50.4 Å². The van der Waals surface area contributed by atoms with Crippen LogP contribution in [0.5, 0.6) is 5.75 Å². The predicted octanol–water partition coefficient (Wildman–Crippen LogP) is 4.22. The van der Waals surface area contributed by atoms with Crippen LogP contribution in [0.2, 0.25) is 0 Å². The lowest BCUT2D eigenvalue weighted by Gasteiger charge is -2.38. The van der Waals surface area contributed by atoms with Gasteiger partial charge >= 0.3 is 11.9 Å². The molecular formula is C51H59N15O9. The molecule has 1 aliphatic carbocycles. The summed E-state index contributed by atoms with van der Waals surface area (Å²) in [7, 11) is 0. The van der Waals surface area contributed by atoms with E-state index in [9.17, 15) is 34.2 Å². The van der Waals surface area contributed by atoms with E-state index in [4.69, 9.17) is 30.2 Å². The lowest BCUT2D eigenvalue weighted by Crippen LogP contribution is -2.52. The summed E-state index contributed by atoms with van der Waals surface area (Å²) in [4.78, 5) is 86.9. The van der Waals surface area contributed by atoms with Gasteiger partial charge in [0.05, 0.1) is 23.4 Å². The molecule has 2 saturated heterocycles. The van der Waals surface area contributed by atoms with Crippen LogP contribution < -0.4 is 26.3 Å². The largest absolute Gasteiger partial charge is 0.508 e. The molecule has 6 heterocycles. The Morgan fingerprint density at radius 1 is 0.747 bits per heavy atom. The summed E-state index contributed by atoms with van der Waals surface area (Å²) in [5.41, 5.74) is 8.53. The first-order chi connectivity index (χ1) is 36.2. The van der Waals surface area contributed by atoms with Crippen LogP contribution in [-0.4, -0.2) is 153 Å². The van der Waals surface area contributed by atoms with E-state index in [1.54, 1.807) is 47.0 Å². The van der Waals surface area contributed by atoms with Crippen molar-refractivity contribution in [1.82, 2.24) is 54.7 Å². The van der Waals surface area contributed by atoms with Crippen molar-refractivity contribution in [3.05, 3.63) is 94.2 Å². The maximum atomic E-state index is 14.3. The van der Waals surface area contributed by atoms with Crippen LogP contribution in [0.3, 0.4) is 0 Å². The topological polar surface area (TPSA) is 310 Å². The van der Waals surface area contributed by atoms with Gasteiger partial charge in [-0.05, 0) is 80.6 Å². The standard InChI is InChI=1S/C51H59N15O9/c1-4-30(2)45(66-29-33(57-60-66)7-5-6-16-52)47(72)62-19-23-64(24-20-62)51-55-49(54-50(56-51)63-21-17-61(18-22-63)46(71)31(3)65-28-34(58-59-65)9-15-43(69)70)53-32-8-12-37(40(25-32)48(73)74)44-38-13-10-35(67)26-41(38)75-42-27-36(68)11-14-39(42)44/h8,10-14,25-31,45,67H,4-7,9,15-24,52H2,1-3H3,(H,69,70)(H,73,74)(H,53,54,55,56)/t30-,31-,45-/m0/s1. The van der Waals surface area contributed by atoms with Crippen molar-refractivity contribution in [2.24, 2.45) is 11.7 Å². The number of phenolic OH excluding ortho intramolecular Hbond substituents is 1. The van der Waals surface area contributed by atoms with Gasteiger partial charge in [-0.3, -0.25) is 19.2 Å². The van der Waals surface area contributed by atoms with Gasteiger partial charge in [0, 0.05) is 106 Å². The summed E-state index contributed by atoms with van der Waals surface area (Å²) in [6.07, 6.45) is 6.77. The number of anilines is 4. The van der Waals surface area contributed by atoms with Crippen molar-refractivity contribution in [3.8, 4) is 28.2 Å². The number of aromatic hydroxyl groups is 1. The van der Waals surface area contributed by atoms with Gasteiger partial charge in [-0.25, -0.2) is 14.2 Å². The number of amides is 2. The molecule has 24 nitrogen and oxygen atoms in total. The summed E-state index contributed by atoms with van der Waals surface area (Å²) < 4.78 is 9.14. The van der Waals surface area contributed by atoms with Crippen LogP contribution in [0.4, 0.5) is 23.5 Å². The Bertz CT molecular complexity index is 3250. The lowest BCUT2D eigenvalue weighted by molar-refractivity contribution is -0.137. The number of nitrogens with zero attached hydrogens (tertiary/aromatic N) is 13. The molecule has 5 aromatic rings. The molecule has 9 rings (SSSR count). The minimum Gasteiger partial charge on any atom is -0.508 e. The number of phenols is 1. The van der Waals surface area contributed by atoms with Crippen LogP contribution in [0.15, 0.2) is 76.2 Å². The summed E-state index contributed by atoms with van der Waals surface area (Å²) in [5, 5.41) is 50.8. The van der Waals surface area contributed by atoms with Gasteiger partial charge in [0.1, 0.15) is 29.2 Å². The summed E-state index contributed by atoms with van der Waals surface area (Å²) in [5.74, 6) is -1.53. The Labute approximate surface area is 430 Å². The Hall–Kier alpha value is -8.54. The molecule has 3 atom stereocenters. The Morgan fingerprint density at radius 3 is 2.04 bits per heavy atom. The van der Waals surface area contributed by atoms with E-state index in [-0.39, 0.29) is 64.6 Å². The summed E-state index contributed by atoms with van der Waals surface area (Å²) >= 11 is 0. The third-order valence-electron chi connectivity index (χ3n) is 13.9. The minimum absolute atomic E-state index is 0.0159. The smallest absolute Gasteiger partial charge is 0.336 e. The zero-order chi connectivity index (χ0) is 52.9. The van der Waals surface area contributed by atoms with Crippen LogP contribution in [0, 0.1) is 5.92 Å². The second-order valence-corrected chi connectivity index (χ2v) is 18.9. The van der Waals surface area contributed by atoms with E-state index < -0.39 is 24.0 Å². The molecule has 2 aromatic carbocycles. The molecule has 3 aromatic heterocycles. The number of carboxylic acid groups (broad SMARTS) is 2. The molecule has 0 spiro atoms. The van der Waals surface area contributed by atoms with Crippen molar-refractivity contribution in [3.63, 3.8) is 0 Å². The second-order valence-electron chi connectivity index (χ2n) is 18.9. The Balaban J connectivity index is 0.987. The molecule has 0 unspecified atom stereocenters. The molecule has 0 radical (unpaired) electrons. The number of carbonyl (C=O) groups excluding carboxylic acids is 2. The molecule has 0 saturated carbocycles. The molecule has 75 heavy (non-hydrogen) atoms. The minimum atomic E-state index is -1.23. The number of aromatic nitrogens is 9. The highest BCUT2D eigenvalue weighted by Gasteiger charge is 2.35. The number of fused-ring (bicyclic) bond motifs is 2. The van der Waals surface area contributed by atoms with E-state index >= 15 is 0 Å². The van der Waals surface area contributed by atoms with Gasteiger partial charge in [-0.15, -0.1) is 10.2 Å². The fourth-order valence-electron chi connectivity index (χ4n) is 9.51. The van der Waals surface area contributed by atoms with Crippen molar-refractivity contribution >= 4 is 58.3 Å². The van der Waals surface area contributed by atoms with Gasteiger partial charge in [0.2, 0.25) is 29.7 Å². The van der Waals surface area contributed by atoms with Crippen LogP contribution >= 0.6 is 0 Å². The first-order valence-corrected chi connectivity index (χ1v) is 25.1. The normalized spacial score (nSPS) is 15.3. The summed E-state index contributed by atoms with van der Waals surface area (Å²) in [6, 6.07) is 12.4. The maximum absolute atomic E-state index is 14.3. The summed E-state index contributed by atoms with van der Waals surface area (Å²) in [6.45, 7) is 9.26. The number of piperazine rings is 2. The third kappa shape index (κ3) is 11.3. The molecule has 6 N–H and O–H groups in total. The number of rotatable bonds is 19. The number of aliphatic carboxylic acids is 1. The van der Waals surface area contributed by atoms with Crippen molar-refractivity contribution in [2.45, 2.75) is 71.4 Å². The SMILES string of the molecule is CC[C@H](C)[C@@H](C(=O)N1CCN(c2nc(Nc3ccc(-c4c5ccc(=O)cc-5oc5cc(O)ccc45)c(C(=O)O)c3)nc(N3CCN(C(=O)[C@H](C)n4cc(CCC(=O)O)nn4)CC3)n2)CC1)n1cc(CCCCN)nn1. The molecule has 3 aliphatic heterocycles. The molecule has 4 aliphatic rings. The zero-order valence-electron chi connectivity index (χ0n) is 41.9. The second kappa shape index (κ2) is 22.3.